The molecule has 10 aromatic rings. The molecule has 0 saturated carbocycles. The molecular weight excluding hydrogens is 605 g/mol. The van der Waals surface area contributed by atoms with Gasteiger partial charge < -0.3 is 0 Å². The zero-order valence-electron chi connectivity index (χ0n) is 27.2. The van der Waals surface area contributed by atoms with Gasteiger partial charge in [0.15, 0.2) is 0 Å². The largest absolute Gasteiger partial charge is 0.245 e. The van der Waals surface area contributed by atoms with E-state index in [1.165, 1.54) is 54.6 Å². The number of rotatable bonds is 4. The lowest BCUT2D eigenvalue weighted by atomic mass is 9.86. The van der Waals surface area contributed by atoms with E-state index in [2.05, 4.69) is 176 Å². The molecular formula is C48H30N2. The van der Waals surface area contributed by atoms with E-state index in [9.17, 15) is 0 Å². The highest BCUT2D eigenvalue weighted by molar-refractivity contribution is 6.21. The van der Waals surface area contributed by atoms with Crippen LogP contribution >= 0.6 is 0 Å². The van der Waals surface area contributed by atoms with Crippen molar-refractivity contribution >= 4 is 54.1 Å². The molecule has 0 saturated heterocycles. The van der Waals surface area contributed by atoms with Gasteiger partial charge in [-0.3, -0.25) is 0 Å². The molecule has 2 aromatic heterocycles. The van der Waals surface area contributed by atoms with Gasteiger partial charge in [-0.05, 0) is 72.8 Å². The second-order valence-electron chi connectivity index (χ2n) is 12.9. The Labute approximate surface area is 290 Å². The van der Waals surface area contributed by atoms with E-state index in [1.54, 1.807) is 0 Å². The molecule has 0 spiro atoms. The topological polar surface area (TPSA) is 25.8 Å². The van der Waals surface area contributed by atoms with E-state index in [0.29, 0.717) is 0 Å². The number of hydrogen-bond donors (Lipinski definition) is 0. The molecule has 2 heteroatoms. The van der Waals surface area contributed by atoms with Gasteiger partial charge in [0.05, 0.1) is 22.4 Å². The van der Waals surface area contributed by atoms with E-state index in [1.807, 2.05) is 6.07 Å². The summed E-state index contributed by atoms with van der Waals surface area (Å²) in [5.74, 6) is 0. The first-order valence-electron chi connectivity index (χ1n) is 17.1. The summed E-state index contributed by atoms with van der Waals surface area (Å²) >= 11 is 0. The molecule has 10 rings (SSSR count). The summed E-state index contributed by atoms with van der Waals surface area (Å²) < 4.78 is 0. The minimum absolute atomic E-state index is 0.915. The quantitative estimate of drug-likeness (QED) is 0.142. The van der Waals surface area contributed by atoms with E-state index in [0.717, 1.165) is 44.3 Å². The molecule has 8 aromatic carbocycles. The van der Waals surface area contributed by atoms with Crippen LogP contribution in [0.4, 0.5) is 0 Å². The van der Waals surface area contributed by atoms with Crippen molar-refractivity contribution in [3.05, 3.63) is 182 Å². The van der Waals surface area contributed by atoms with Crippen molar-refractivity contribution in [2.75, 3.05) is 0 Å². The molecule has 0 aliphatic heterocycles. The van der Waals surface area contributed by atoms with Crippen molar-refractivity contribution in [2.24, 2.45) is 0 Å². The normalized spacial score (nSPS) is 11.6. The Kier molecular flexibility index (Phi) is 6.53. The lowest BCUT2D eigenvalue weighted by Gasteiger charge is -2.18. The van der Waals surface area contributed by atoms with Crippen LogP contribution in [0.1, 0.15) is 0 Å². The Hall–Kier alpha value is -6.64. The Bertz CT molecular complexity index is 2860. The first kappa shape index (κ1) is 28.4. The first-order valence-corrected chi connectivity index (χ1v) is 17.1. The summed E-state index contributed by atoms with van der Waals surface area (Å²) in [5, 5.41) is 9.45. The highest BCUT2D eigenvalue weighted by Crippen LogP contribution is 2.44. The fourth-order valence-electron chi connectivity index (χ4n) is 7.71. The molecule has 0 aliphatic carbocycles. The predicted octanol–water partition coefficient (Wildman–Crippen LogP) is 12.9. The predicted molar refractivity (Wildman–Crippen MR) is 211 cm³/mol. The number of hydrogen-bond acceptors (Lipinski definition) is 2. The van der Waals surface area contributed by atoms with E-state index in [4.69, 9.17) is 9.97 Å². The molecule has 0 amide bonds. The molecule has 2 heterocycles. The van der Waals surface area contributed by atoms with Crippen LogP contribution in [0.5, 0.6) is 0 Å². The second-order valence-corrected chi connectivity index (χ2v) is 12.9. The number of benzene rings is 8. The standard InChI is InChI=1S/C48H30N2/c1-2-13-32(14-3-1)43-28-26-33-24-25-34-27-29-44(50-48(34)47(33)49-43)46-41-21-8-6-19-39(41)45(40-20-7-9-22-42(40)46)36-17-10-16-35(30-36)38-23-11-15-31-12-4-5-18-37(31)38/h1-30H. The van der Waals surface area contributed by atoms with Gasteiger partial charge in [0.2, 0.25) is 0 Å². The zero-order chi connectivity index (χ0) is 33.0. The van der Waals surface area contributed by atoms with Crippen molar-refractivity contribution in [1.82, 2.24) is 9.97 Å². The molecule has 0 aliphatic rings. The van der Waals surface area contributed by atoms with Crippen LogP contribution in [0.25, 0.3) is 98.9 Å². The fourth-order valence-corrected chi connectivity index (χ4v) is 7.71. The van der Waals surface area contributed by atoms with Crippen molar-refractivity contribution in [3.8, 4) is 44.8 Å². The minimum atomic E-state index is 0.915. The van der Waals surface area contributed by atoms with Gasteiger partial charge in [0.25, 0.3) is 0 Å². The van der Waals surface area contributed by atoms with Crippen molar-refractivity contribution in [2.45, 2.75) is 0 Å². The van der Waals surface area contributed by atoms with E-state index < -0.39 is 0 Å². The zero-order valence-corrected chi connectivity index (χ0v) is 27.2. The van der Waals surface area contributed by atoms with Crippen LogP contribution in [-0.4, -0.2) is 9.97 Å². The Morgan fingerprint density at radius 1 is 0.280 bits per heavy atom. The van der Waals surface area contributed by atoms with Gasteiger partial charge in [-0.15, -0.1) is 0 Å². The monoisotopic (exact) mass is 634 g/mol. The van der Waals surface area contributed by atoms with Gasteiger partial charge in [0.1, 0.15) is 0 Å². The fraction of sp³-hybridized carbons (Fsp3) is 0. The maximum atomic E-state index is 5.43. The van der Waals surface area contributed by atoms with Crippen LogP contribution < -0.4 is 0 Å². The molecule has 0 radical (unpaired) electrons. The highest BCUT2D eigenvalue weighted by Gasteiger charge is 2.19. The third-order valence-electron chi connectivity index (χ3n) is 10.0. The van der Waals surface area contributed by atoms with Gasteiger partial charge >= 0.3 is 0 Å². The average Bonchev–Trinajstić information content (AvgIpc) is 3.19. The molecule has 50 heavy (non-hydrogen) atoms. The van der Waals surface area contributed by atoms with Gasteiger partial charge in [-0.25, -0.2) is 9.97 Å². The number of pyridine rings is 2. The van der Waals surface area contributed by atoms with Crippen LogP contribution in [-0.2, 0) is 0 Å². The van der Waals surface area contributed by atoms with Gasteiger partial charge in [-0.1, -0.05) is 164 Å². The second kappa shape index (κ2) is 11.5. The molecule has 0 bridgehead atoms. The van der Waals surface area contributed by atoms with E-state index in [-0.39, 0.29) is 0 Å². The molecule has 2 nitrogen and oxygen atoms in total. The van der Waals surface area contributed by atoms with Crippen LogP contribution in [0, 0.1) is 0 Å². The SMILES string of the molecule is c1ccc(-c2ccc3ccc4ccc(-c5c6ccccc6c(-c6cccc(-c7cccc8ccccc78)c6)c6ccccc56)nc4c3n2)cc1. The third kappa shape index (κ3) is 4.57. The van der Waals surface area contributed by atoms with Crippen molar-refractivity contribution < 1.29 is 0 Å². The summed E-state index contributed by atoms with van der Waals surface area (Å²) in [6.45, 7) is 0. The van der Waals surface area contributed by atoms with Crippen molar-refractivity contribution in [1.29, 1.82) is 0 Å². The molecule has 0 atom stereocenters. The van der Waals surface area contributed by atoms with Crippen LogP contribution in [0.15, 0.2) is 182 Å². The van der Waals surface area contributed by atoms with Crippen molar-refractivity contribution in [3.63, 3.8) is 0 Å². The molecule has 0 unspecified atom stereocenters. The molecule has 232 valence electrons. The smallest absolute Gasteiger partial charge is 0.0972 e. The van der Waals surface area contributed by atoms with E-state index >= 15 is 0 Å². The lowest BCUT2D eigenvalue weighted by Crippen LogP contribution is -1.94. The number of nitrogens with zero attached hydrogens (tertiary/aromatic N) is 2. The third-order valence-corrected chi connectivity index (χ3v) is 10.0. The molecule has 0 N–H and O–H groups in total. The first-order chi connectivity index (χ1) is 24.8. The number of aromatic nitrogens is 2. The summed E-state index contributed by atoms with van der Waals surface area (Å²) in [6.07, 6.45) is 0. The molecule has 0 fully saturated rings. The maximum absolute atomic E-state index is 5.43. The summed E-state index contributed by atoms with van der Waals surface area (Å²) in [4.78, 5) is 10.6. The Balaban J connectivity index is 1.21. The highest BCUT2D eigenvalue weighted by atomic mass is 14.8. The average molecular weight is 635 g/mol. The summed E-state index contributed by atoms with van der Waals surface area (Å²) in [6, 6.07) is 65.1. The minimum Gasteiger partial charge on any atom is -0.245 e. The lowest BCUT2D eigenvalue weighted by molar-refractivity contribution is 1.37. The maximum Gasteiger partial charge on any atom is 0.0972 e. The number of fused-ring (bicyclic) bond motifs is 6. The van der Waals surface area contributed by atoms with Gasteiger partial charge in [0, 0.05) is 21.9 Å². The Morgan fingerprint density at radius 2 is 0.760 bits per heavy atom. The van der Waals surface area contributed by atoms with Crippen LogP contribution in [0.3, 0.4) is 0 Å². The van der Waals surface area contributed by atoms with Gasteiger partial charge in [-0.2, -0.15) is 0 Å². The summed E-state index contributed by atoms with van der Waals surface area (Å²) in [7, 11) is 0. The van der Waals surface area contributed by atoms with Crippen LogP contribution in [0.2, 0.25) is 0 Å². The summed E-state index contributed by atoms with van der Waals surface area (Å²) in [5.41, 5.74) is 10.9. The Morgan fingerprint density at radius 3 is 1.46 bits per heavy atom.